The first-order chi connectivity index (χ1) is 10.7. The van der Waals surface area contributed by atoms with E-state index < -0.39 is 0 Å². The van der Waals surface area contributed by atoms with Crippen LogP contribution in [0.1, 0.15) is 5.56 Å². The van der Waals surface area contributed by atoms with E-state index in [1.807, 2.05) is 35.7 Å². The molecule has 0 aliphatic rings. The van der Waals surface area contributed by atoms with E-state index >= 15 is 0 Å². The summed E-state index contributed by atoms with van der Waals surface area (Å²) in [6.45, 7) is 0. The van der Waals surface area contributed by atoms with E-state index in [1.165, 1.54) is 0 Å². The number of nitrogens with zero attached hydrogens (tertiary/aromatic N) is 2. The average molecular weight is 310 g/mol. The zero-order valence-corrected chi connectivity index (χ0v) is 12.5. The van der Waals surface area contributed by atoms with E-state index in [0.29, 0.717) is 5.95 Å². The van der Waals surface area contributed by atoms with E-state index in [4.69, 9.17) is 5.73 Å². The van der Waals surface area contributed by atoms with Gasteiger partial charge in [0.25, 0.3) is 0 Å². The minimum atomic E-state index is -0.340. The highest BCUT2D eigenvalue weighted by molar-refractivity contribution is 7.08. The van der Waals surface area contributed by atoms with Crippen LogP contribution in [0.4, 0.5) is 11.6 Å². The standard InChI is InChI=1S/C16H14N4OS/c17-15(21)7-11-1-3-14(4-2-11)20-16-18-8-13(9-19-16)12-5-6-22-10-12/h1-6,8-10H,7H2,(H2,17,21)(H,18,19,20). The van der Waals surface area contributed by atoms with Crippen LogP contribution in [0.15, 0.2) is 53.5 Å². The summed E-state index contributed by atoms with van der Waals surface area (Å²) in [5, 5.41) is 7.20. The molecule has 0 saturated heterocycles. The zero-order valence-electron chi connectivity index (χ0n) is 11.7. The van der Waals surface area contributed by atoms with Crippen molar-refractivity contribution < 1.29 is 4.79 Å². The number of carbonyl (C=O) groups excluding carboxylic acids is 1. The number of nitrogens with one attached hydrogen (secondary N) is 1. The highest BCUT2D eigenvalue weighted by Crippen LogP contribution is 2.21. The topological polar surface area (TPSA) is 80.9 Å². The fraction of sp³-hybridized carbons (Fsp3) is 0.0625. The minimum Gasteiger partial charge on any atom is -0.369 e. The predicted octanol–water partition coefficient (Wildman–Crippen LogP) is 2.98. The van der Waals surface area contributed by atoms with Crippen molar-refractivity contribution >= 4 is 28.9 Å². The molecule has 110 valence electrons. The van der Waals surface area contributed by atoms with E-state index in [9.17, 15) is 4.79 Å². The van der Waals surface area contributed by atoms with Gasteiger partial charge in [-0.05, 0) is 40.1 Å². The van der Waals surface area contributed by atoms with Crippen LogP contribution < -0.4 is 11.1 Å². The highest BCUT2D eigenvalue weighted by atomic mass is 32.1. The van der Waals surface area contributed by atoms with Crippen LogP contribution in [0.25, 0.3) is 11.1 Å². The molecule has 0 unspecified atom stereocenters. The van der Waals surface area contributed by atoms with Gasteiger partial charge >= 0.3 is 0 Å². The Labute approximate surface area is 131 Å². The Bertz CT molecular complexity index is 752. The largest absolute Gasteiger partial charge is 0.369 e. The summed E-state index contributed by atoms with van der Waals surface area (Å²) in [6, 6.07) is 9.48. The Morgan fingerprint density at radius 1 is 1.09 bits per heavy atom. The molecule has 2 aromatic heterocycles. The number of amides is 1. The lowest BCUT2D eigenvalue weighted by molar-refractivity contribution is -0.117. The Balaban J connectivity index is 1.69. The van der Waals surface area contributed by atoms with Crippen LogP contribution in [-0.4, -0.2) is 15.9 Å². The molecule has 3 N–H and O–H groups in total. The Kier molecular flexibility index (Phi) is 4.11. The van der Waals surface area contributed by atoms with Crippen molar-refractivity contribution in [1.82, 2.24) is 9.97 Å². The fourth-order valence-corrected chi connectivity index (χ4v) is 2.67. The van der Waals surface area contributed by atoms with Crippen LogP contribution >= 0.6 is 11.3 Å². The van der Waals surface area contributed by atoms with Crippen LogP contribution in [0.5, 0.6) is 0 Å². The van der Waals surface area contributed by atoms with Crippen molar-refractivity contribution in [2.45, 2.75) is 6.42 Å². The second-order valence-electron chi connectivity index (χ2n) is 4.77. The quantitative estimate of drug-likeness (QED) is 0.759. The molecule has 0 spiro atoms. The van der Waals surface area contributed by atoms with Gasteiger partial charge in [-0.1, -0.05) is 12.1 Å². The summed E-state index contributed by atoms with van der Waals surface area (Å²) in [6.07, 6.45) is 3.82. The summed E-state index contributed by atoms with van der Waals surface area (Å²) in [5.74, 6) is 0.190. The average Bonchev–Trinajstić information content (AvgIpc) is 3.04. The van der Waals surface area contributed by atoms with Crippen molar-refractivity contribution in [1.29, 1.82) is 0 Å². The third-order valence-electron chi connectivity index (χ3n) is 3.09. The number of carbonyl (C=O) groups is 1. The number of primary amides is 1. The maximum Gasteiger partial charge on any atom is 0.227 e. The molecule has 0 fully saturated rings. The molecule has 1 aromatic carbocycles. The lowest BCUT2D eigenvalue weighted by Crippen LogP contribution is -2.13. The lowest BCUT2D eigenvalue weighted by Gasteiger charge is -2.06. The van der Waals surface area contributed by atoms with Crippen molar-refractivity contribution in [3.63, 3.8) is 0 Å². The van der Waals surface area contributed by atoms with Gasteiger partial charge in [0.2, 0.25) is 11.9 Å². The van der Waals surface area contributed by atoms with Gasteiger partial charge in [0.1, 0.15) is 0 Å². The van der Waals surface area contributed by atoms with Gasteiger partial charge in [-0.3, -0.25) is 4.79 Å². The normalized spacial score (nSPS) is 10.4. The third kappa shape index (κ3) is 3.48. The first kappa shape index (κ1) is 14.2. The molecule has 0 atom stereocenters. The van der Waals surface area contributed by atoms with Crippen molar-refractivity contribution in [3.05, 3.63) is 59.0 Å². The number of rotatable bonds is 5. The summed E-state index contributed by atoms with van der Waals surface area (Å²) < 4.78 is 0. The first-order valence-corrected chi connectivity index (χ1v) is 7.64. The maximum atomic E-state index is 10.9. The molecule has 6 heteroatoms. The van der Waals surface area contributed by atoms with E-state index in [1.54, 1.807) is 23.7 Å². The summed E-state index contributed by atoms with van der Waals surface area (Å²) in [7, 11) is 0. The number of benzene rings is 1. The third-order valence-corrected chi connectivity index (χ3v) is 3.78. The number of hydrogen-bond donors (Lipinski definition) is 2. The number of hydrogen-bond acceptors (Lipinski definition) is 5. The maximum absolute atomic E-state index is 10.9. The van der Waals surface area contributed by atoms with Crippen molar-refractivity contribution in [2.75, 3.05) is 5.32 Å². The van der Waals surface area contributed by atoms with Crippen LogP contribution in [0.2, 0.25) is 0 Å². The number of thiophene rings is 1. The molecule has 0 radical (unpaired) electrons. The molecule has 0 bridgehead atoms. The molecule has 5 nitrogen and oxygen atoms in total. The molecule has 1 amide bonds. The fourth-order valence-electron chi connectivity index (χ4n) is 2.01. The lowest BCUT2D eigenvalue weighted by atomic mass is 10.1. The predicted molar refractivity (Wildman–Crippen MR) is 88.0 cm³/mol. The molecule has 0 aliphatic carbocycles. The minimum absolute atomic E-state index is 0.242. The molecule has 3 rings (SSSR count). The molecule has 22 heavy (non-hydrogen) atoms. The SMILES string of the molecule is NC(=O)Cc1ccc(Nc2ncc(-c3ccsc3)cn2)cc1. The van der Waals surface area contributed by atoms with Gasteiger partial charge in [0, 0.05) is 23.6 Å². The van der Waals surface area contributed by atoms with E-state index in [2.05, 4.69) is 20.7 Å². The Morgan fingerprint density at radius 3 is 2.41 bits per heavy atom. The van der Waals surface area contributed by atoms with Gasteiger partial charge in [-0.15, -0.1) is 0 Å². The van der Waals surface area contributed by atoms with Gasteiger partial charge in [0.05, 0.1) is 6.42 Å². The Morgan fingerprint density at radius 2 is 1.82 bits per heavy atom. The number of nitrogens with two attached hydrogens (primary N) is 1. The van der Waals surface area contributed by atoms with Gasteiger partial charge in [-0.25, -0.2) is 9.97 Å². The second kappa shape index (κ2) is 6.36. The summed E-state index contributed by atoms with van der Waals surface area (Å²) in [4.78, 5) is 19.5. The van der Waals surface area contributed by atoms with Crippen LogP contribution in [-0.2, 0) is 11.2 Å². The van der Waals surface area contributed by atoms with Crippen LogP contribution in [0, 0.1) is 0 Å². The summed E-state index contributed by atoms with van der Waals surface area (Å²) in [5.41, 5.74) is 9.01. The molecule has 0 saturated carbocycles. The van der Waals surface area contributed by atoms with Crippen molar-refractivity contribution in [3.8, 4) is 11.1 Å². The first-order valence-electron chi connectivity index (χ1n) is 6.69. The molecule has 3 aromatic rings. The van der Waals surface area contributed by atoms with Crippen LogP contribution in [0.3, 0.4) is 0 Å². The molecular formula is C16H14N4OS. The highest BCUT2D eigenvalue weighted by Gasteiger charge is 2.02. The number of anilines is 2. The van der Waals surface area contributed by atoms with Crippen molar-refractivity contribution in [2.24, 2.45) is 5.73 Å². The molecule has 2 heterocycles. The van der Waals surface area contributed by atoms with E-state index in [0.717, 1.165) is 22.4 Å². The van der Waals surface area contributed by atoms with Gasteiger partial charge < -0.3 is 11.1 Å². The van der Waals surface area contributed by atoms with Gasteiger partial charge in [-0.2, -0.15) is 11.3 Å². The van der Waals surface area contributed by atoms with Gasteiger partial charge in [0.15, 0.2) is 0 Å². The Hall–Kier alpha value is -2.73. The second-order valence-corrected chi connectivity index (χ2v) is 5.55. The molecular weight excluding hydrogens is 296 g/mol. The molecule has 0 aliphatic heterocycles. The monoisotopic (exact) mass is 310 g/mol. The zero-order chi connectivity index (χ0) is 15.4. The summed E-state index contributed by atoms with van der Waals surface area (Å²) >= 11 is 1.64. The number of aromatic nitrogens is 2. The van der Waals surface area contributed by atoms with E-state index in [-0.39, 0.29) is 12.3 Å². The smallest absolute Gasteiger partial charge is 0.227 e.